The molecule has 1 rings (SSSR count). The van der Waals surface area contributed by atoms with Crippen LogP contribution in [-0.4, -0.2) is 28.7 Å². The van der Waals surface area contributed by atoms with E-state index >= 15 is 0 Å². The van der Waals surface area contributed by atoms with Crippen LogP contribution in [0.2, 0.25) is 0 Å². The molecular weight excluding hydrogens is 308 g/mol. The van der Waals surface area contributed by atoms with Gasteiger partial charge in [0, 0.05) is 11.3 Å². The standard InChI is InChI=1S/C18H28N2O4/c1-13(2)11-15(19-17(21)24-18(3,4)5)16(20(22)23)12-14-9-7-6-8-10-14/h6-10,13,15-16H,11-12H2,1-5H3,(H,19,21)/t15-,16-/m0/s1. The van der Waals surface area contributed by atoms with Crippen molar-refractivity contribution < 1.29 is 14.5 Å². The third-order valence-corrected chi connectivity index (χ3v) is 3.45. The van der Waals surface area contributed by atoms with Crippen molar-refractivity contribution in [3.63, 3.8) is 0 Å². The average Bonchev–Trinajstić information content (AvgIpc) is 2.42. The number of amides is 1. The highest BCUT2D eigenvalue weighted by molar-refractivity contribution is 5.68. The fraction of sp³-hybridized carbons (Fsp3) is 0.611. The van der Waals surface area contributed by atoms with E-state index in [0.717, 1.165) is 5.56 Å². The van der Waals surface area contributed by atoms with Crippen LogP contribution in [0.1, 0.15) is 46.6 Å². The molecule has 0 aliphatic carbocycles. The van der Waals surface area contributed by atoms with Crippen LogP contribution in [-0.2, 0) is 11.2 Å². The van der Waals surface area contributed by atoms with Crippen molar-refractivity contribution in [2.75, 3.05) is 0 Å². The molecule has 0 unspecified atom stereocenters. The number of alkyl carbamates (subject to hydrolysis) is 1. The highest BCUT2D eigenvalue weighted by atomic mass is 16.6. The number of nitrogens with one attached hydrogen (secondary N) is 1. The van der Waals surface area contributed by atoms with Crippen LogP contribution in [0.5, 0.6) is 0 Å². The molecule has 0 radical (unpaired) electrons. The Labute approximate surface area is 143 Å². The van der Waals surface area contributed by atoms with E-state index in [1.165, 1.54) is 0 Å². The molecule has 0 heterocycles. The number of hydrogen-bond donors (Lipinski definition) is 1. The zero-order valence-electron chi connectivity index (χ0n) is 15.1. The predicted octanol–water partition coefficient (Wildman–Crippen LogP) is 3.81. The van der Waals surface area contributed by atoms with Crippen LogP contribution < -0.4 is 5.32 Å². The quantitative estimate of drug-likeness (QED) is 0.606. The monoisotopic (exact) mass is 336 g/mol. The highest BCUT2D eigenvalue weighted by Crippen LogP contribution is 2.16. The van der Waals surface area contributed by atoms with Gasteiger partial charge in [-0.2, -0.15) is 0 Å². The lowest BCUT2D eigenvalue weighted by Crippen LogP contribution is -2.49. The fourth-order valence-electron chi connectivity index (χ4n) is 2.50. The molecule has 24 heavy (non-hydrogen) atoms. The molecule has 1 amide bonds. The van der Waals surface area contributed by atoms with Gasteiger partial charge in [-0.05, 0) is 38.7 Å². The molecule has 1 N–H and O–H groups in total. The maximum Gasteiger partial charge on any atom is 0.408 e. The summed E-state index contributed by atoms with van der Waals surface area (Å²) >= 11 is 0. The van der Waals surface area contributed by atoms with E-state index in [4.69, 9.17) is 4.74 Å². The van der Waals surface area contributed by atoms with Crippen LogP contribution in [0, 0.1) is 16.0 Å². The molecule has 1 aromatic carbocycles. The van der Waals surface area contributed by atoms with Gasteiger partial charge in [-0.3, -0.25) is 10.1 Å². The molecule has 6 heteroatoms. The van der Waals surface area contributed by atoms with Gasteiger partial charge >= 0.3 is 6.09 Å². The minimum atomic E-state index is -0.901. The van der Waals surface area contributed by atoms with Gasteiger partial charge < -0.3 is 10.1 Å². The minimum absolute atomic E-state index is 0.211. The Morgan fingerprint density at radius 2 is 1.83 bits per heavy atom. The number of nitro groups is 1. The van der Waals surface area contributed by atoms with E-state index in [-0.39, 0.29) is 17.3 Å². The van der Waals surface area contributed by atoms with Crippen molar-refractivity contribution in [2.24, 2.45) is 5.92 Å². The molecule has 0 saturated carbocycles. The SMILES string of the molecule is CC(C)C[C@H](NC(=O)OC(C)(C)C)[C@H](Cc1ccccc1)[N+](=O)[O-]. The number of hydrogen-bond acceptors (Lipinski definition) is 4. The van der Waals surface area contributed by atoms with E-state index < -0.39 is 23.8 Å². The second-order valence-corrected chi connectivity index (χ2v) is 7.42. The average molecular weight is 336 g/mol. The first-order chi connectivity index (χ1) is 11.1. The third kappa shape index (κ3) is 7.44. The van der Waals surface area contributed by atoms with E-state index in [0.29, 0.717) is 6.42 Å². The fourth-order valence-corrected chi connectivity index (χ4v) is 2.50. The third-order valence-electron chi connectivity index (χ3n) is 3.45. The summed E-state index contributed by atoms with van der Waals surface area (Å²) < 4.78 is 5.26. The van der Waals surface area contributed by atoms with Gasteiger partial charge in [-0.1, -0.05) is 44.2 Å². The lowest BCUT2D eigenvalue weighted by Gasteiger charge is -2.26. The molecule has 0 bridgehead atoms. The summed E-state index contributed by atoms with van der Waals surface area (Å²) in [5, 5.41) is 14.3. The summed E-state index contributed by atoms with van der Waals surface area (Å²) in [6, 6.07) is 7.80. The normalized spacial score (nSPS) is 14.1. The molecule has 6 nitrogen and oxygen atoms in total. The van der Waals surface area contributed by atoms with Crippen LogP contribution in [0.4, 0.5) is 4.79 Å². The van der Waals surface area contributed by atoms with Crippen molar-refractivity contribution in [1.29, 1.82) is 0 Å². The zero-order chi connectivity index (χ0) is 18.3. The van der Waals surface area contributed by atoms with E-state index in [9.17, 15) is 14.9 Å². The molecule has 134 valence electrons. The number of ether oxygens (including phenoxy) is 1. The molecule has 0 aliphatic rings. The van der Waals surface area contributed by atoms with E-state index in [1.54, 1.807) is 20.8 Å². The number of benzene rings is 1. The van der Waals surface area contributed by atoms with Crippen LogP contribution >= 0.6 is 0 Å². The number of nitrogens with zero attached hydrogens (tertiary/aromatic N) is 1. The van der Waals surface area contributed by atoms with E-state index in [2.05, 4.69) is 5.32 Å². The first-order valence-corrected chi connectivity index (χ1v) is 8.25. The van der Waals surface area contributed by atoms with Gasteiger partial charge in [-0.15, -0.1) is 0 Å². The number of rotatable bonds is 7. The Bertz CT molecular complexity index is 538. The van der Waals surface area contributed by atoms with Gasteiger partial charge in [-0.25, -0.2) is 4.79 Å². The lowest BCUT2D eigenvalue weighted by molar-refractivity contribution is -0.526. The highest BCUT2D eigenvalue weighted by Gasteiger charge is 2.34. The number of carbonyl (C=O) groups is 1. The Hall–Kier alpha value is -2.11. The summed E-state index contributed by atoms with van der Waals surface area (Å²) in [5.74, 6) is 0.211. The van der Waals surface area contributed by atoms with Gasteiger partial charge in [0.25, 0.3) is 0 Å². The smallest absolute Gasteiger partial charge is 0.408 e. The Morgan fingerprint density at radius 1 is 1.25 bits per heavy atom. The number of carbonyl (C=O) groups excluding carboxylic acids is 1. The van der Waals surface area contributed by atoms with Crippen molar-refractivity contribution in [2.45, 2.75) is 65.1 Å². The lowest BCUT2D eigenvalue weighted by atomic mass is 9.93. The Morgan fingerprint density at radius 3 is 2.29 bits per heavy atom. The van der Waals surface area contributed by atoms with E-state index in [1.807, 2.05) is 44.2 Å². The van der Waals surface area contributed by atoms with Crippen LogP contribution in [0.25, 0.3) is 0 Å². The molecule has 1 aromatic rings. The van der Waals surface area contributed by atoms with Crippen molar-refractivity contribution in [1.82, 2.24) is 5.32 Å². The summed E-state index contributed by atoms with van der Waals surface area (Å²) in [6.07, 6.45) is 0.159. The van der Waals surface area contributed by atoms with Gasteiger partial charge in [0.15, 0.2) is 0 Å². The maximum atomic E-state index is 12.1. The van der Waals surface area contributed by atoms with Gasteiger partial charge in [0.05, 0.1) is 0 Å². The first kappa shape index (κ1) is 19.9. The zero-order valence-corrected chi connectivity index (χ0v) is 15.1. The molecule has 0 aromatic heterocycles. The molecule has 2 atom stereocenters. The van der Waals surface area contributed by atoms with Gasteiger partial charge in [0.1, 0.15) is 11.6 Å². The second kappa shape index (κ2) is 8.66. The summed E-state index contributed by atoms with van der Waals surface area (Å²) in [7, 11) is 0. The first-order valence-electron chi connectivity index (χ1n) is 8.25. The summed E-state index contributed by atoms with van der Waals surface area (Å²) in [5.41, 5.74) is 0.231. The maximum absolute atomic E-state index is 12.1. The molecule has 0 spiro atoms. The molecule has 0 saturated heterocycles. The second-order valence-electron chi connectivity index (χ2n) is 7.42. The Kier molecular flexibility index (Phi) is 7.19. The van der Waals surface area contributed by atoms with Gasteiger partial charge in [0.2, 0.25) is 6.04 Å². The van der Waals surface area contributed by atoms with Crippen molar-refractivity contribution >= 4 is 6.09 Å². The van der Waals surface area contributed by atoms with Crippen molar-refractivity contribution in [3.05, 3.63) is 46.0 Å². The molecular formula is C18H28N2O4. The largest absolute Gasteiger partial charge is 0.444 e. The van der Waals surface area contributed by atoms with Crippen LogP contribution in [0.15, 0.2) is 30.3 Å². The van der Waals surface area contributed by atoms with Crippen molar-refractivity contribution in [3.8, 4) is 0 Å². The molecule has 0 aliphatic heterocycles. The Balaban J connectivity index is 2.92. The topological polar surface area (TPSA) is 81.5 Å². The molecule has 0 fully saturated rings. The summed E-state index contributed by atoms with van der Waals surface area (Å²) in [4.78, 5) is 23.4. The predicted molar refractivity (Wildman–Crippen MR) is 93.5 cm³/mol. The van der Waals surface area contributed by atoms with Crippen LogP contribution in [0.3, 0.4) is 0 Å². The summed E-state index contributed by atoms with van der Waals surface area (Å²) in [6.45, 7) is 9.24. The minimum Gasteiger partial charge on any atom is -0.444 e.